The molecule has 31 heavy (non-hydrogen) atoms. The Hall–Kier alpha value is -1.63. The summed E-state index contributed by atoms with van der Waals surface area (Å²) in [4.78, 5) is 41.3. The molecule has 3 unspecified atom stereocenters. The normalized spacial score (nSPS) is 29.3. The van der Waals surface area contributed by atoms with Crippen molar-refractivity contribution in [2.24, 2.45) is 11.1 Å². The number of carbonyl (C=O) groups is 3. The van der Waals surface area contributed by atoms with Crippen LogP contribution in [0, 0.1) is 5.41 Å². The van der Waals surface area contributed by atoms with Gasteiger partial charge in [0.05, 0.1) is 5.25 Å². The van der Waals surface area contributed by atoms with Crippen LogP contribution in [-0.4, -0.2) is 73.1 Å². The Bertz CT molecular complexity index is 924. The van der Waals surface area contributed by atoms with Crippen LogP contribution in [-0.2, 0) is 14.4 Å². The van der Waals surface area contributed by atoms with Gasteiger partial charge in [0.15, 0.2) is 0 Å². The van der Waals surface area contributed by atoms with Crippen molar-refractivity contribution in [1.29, 1.82) is 0 Å². The van der Waals surface area contributed by atoms with Crippen molar-refractivity contribution >= 4 is 53.5 Å². The summed E-state index contributed by atoms with van der Waals surface area (Å²) in [6, 6.07) is -0.621. The topological polar surface area (TPSA) is 130 Å². The molecular formula is C19H25N5O4S3. The van der Waals surface area contributed by atoms with E-state index in [1.165, 1.54) is 35.5 Å². The number of thiol groups is 1. The van der Waals surface area contributed by atoms with E-state index in [1.54, 1.807) is 9.80 Å². The van der Waals surface area contributed by atoms with Crippen LogP contribution < -0.4 is 5.73 Å². The number of amides is 2. The van der Waals surface area contributed by atoms with Crippen molar-refractivity contribution in [1.82, 2.24) is 20.0 Å². The van der Waals surface area contributed by atoms with Gasteiger partial charge in [-0.2, -0.15) is 12.6 Å². The van der Waals surface area contributed by atoms with Crippen molar-refractivity contribution in [2.75, 3.05) is 18.8 Å². The average Bonchev–Trinajstić information content (AvgIpc) is 3.30. The second-order valence-electron chi connectivity index (χ2n) is 8.10. The second-order valence-corrected chi connectivity index (χ2v) is 10.6. The smallest absolute Gasteiger partial charge is 0.313 e. The molecule has 4 rings (SSSR count). The van der Waals surface area contributed by atoms with Gasteiger partial charge in [0.2, 0.25) is 11.8 Å². The Kier molecular flexibility index (Phi) is 6.35. The highest BCUT2D eigenvalue weighted by Gasteiger charge is 2.61. The first-order valence-corrected chi connectivity index (χ1v) is 12.6. The third-order valence-corrected chi connectivity index (χ3v) is 9.55. The molecule has 3 heterocycles. The summed E-state index contributed by atoms with van der Waals surface area (Å²) in [7, 11) is 0. The lowest BCUT2D eigenvalue weighted by atomic mass is 9.83. The van der Waals surface area contributed by atoms with Gasteiger partial charge >= 0.3 is 5.97 Å². The molecule has 9 nitrogen and oxygen atoms in total. The third-order valence-electron chi connectivity index (χ3n) is 6.34. The predicted molar refractivity (Wildman–Crippen MR) is 121 cm³/mol. The second kappa shape index (κ2) is 8.72. The maximum atomic E-state index is 13.2. The predicted octanol–water partition coefficient (Wildman–Crippen LogP) is 1.50. The SMILES string of the molecule is CC(=O)N(C1=C(CN)CCCC1)C1C(=O)N2CC(C(=O)O)(C(S)c3nncs3)CS[C@H]12. The number of allylic oxidation sites excluding steroid dienone is 1. The van der Waals surface area contributed by atoms with E-state index in [1.807, 2.05) is 0 Å². The lowest BCUT2D eigenvalue weighted by molar-refractivity contribution is -0.164. The fourth-order valence-electron chi connectivity index (χ4n) is 4.64. The molecule has 0 aromatic carbocycles. The lowest BCUT2D eigenvalue weighted by Crippen LogP contribution is -2.74. The Morgan fingerprint density at radius 1 is 1.45 bits per heavy atom. The molecule has 0 saturated carbocycles. The number of β-lactam (4-membered cyclic amide) rings is 1. The van der Waals surface area contributed by atoms with Crippen molar-refractivity contribution < 1.29 is 19.5 Å². The number of carbonyl (C=O) groups excluding carboxylic acids is 2. The summed E-state index contributed by atoms with van der Waals surface area (Å²) in [6.45, 7) is 1.87. The number of fused-ring (bicyclic) bond motifs is 1. The van der Waals surface area contributed by atoms with Crippen LogP contribution in [0.3, 0.4) is 0 Å². The minimum atomic E-state index is -1.28. The molecule has 0 radical (unpaired) electrons. The number of aliphatic carboxylic acids is 1. The average molecular weight is 484 g/mol. The van der Waals surface area contributed by atoms with Gasteiger partial charge in [0, 0.05) is 31.5 Å². The zero-order valence-corrected chi connectivity index (χ0v) is 19.6. The molecule has 2 fully saturated rings. The van der Waals surface area contributed by atoms with Crippen LogP contribution in [0.1, 0.15) is 42.9 Å². The maximum Gasteiger partial charge on any atom is 0.313 e. The number of rotatable bonds is 6. The molecule has 1 aromatic heterocycles. The van der Waals surface area contributed by atoms with Crippen molar-refractivity contribution in [2.45, 2.75) is 49.3 Å². The first-order chi connectivity index (χ1) is 14.8. The molecule has 2 aliphatic heterocycles. The molecule has 0 bridgehead atoms. The van der Waals surface area contributed by atoms with Crippen molar-refractivity contribution in [3.8, 4) is 0 Å². The zero-order valence-electron chi connectivity index (χ0n) is 17.1. The van der Waals surface area contributed by atoms with Gasteiger partial charge < -0.3 is 20.6 Å². The third kappa shape index (κ3) is 3.66. The molecule has 12 heteroatoms. The highest BCUT2D eigenvalue weighted by Crippen LogP contribution is 2.52. The molecule has 168 valence electrons. The number of carboxylic acids is 1. The summed E-state index contributed by atoms with van der Waals surface area (Å²) < 4.78 is 0. The van der Waals surface area contributed by atoms with E-state index >= 15 is 0 Å². The van der Waals surface area contributed by atoms with E-state index < -0.39 is 22.7 Å². The Labute approximate surface area is 193 Å². The zero-order chi connectivity index (χ0) is 22.3. The molecule has 0 spiro atoms. The van der Waals surface area contributed by atoms with E-state index in [4.69, 9.17) is 5.73 Å². The fraction of sp³-hybridized carbons (Fsp3) is 0.632. The monoisotopic (exact) mass is 483 g/mol. The minimum absolute atomic E-state index is 0.0254. The Balaban J connectivity index is 1.61. The number of thioether (sulfide) groups is 1. The highest BCUT2D eigenvalue weighted by molar-refractivity contribution is 8.00. The quantitative estimate of drug-likeness (QED) is 0.410. The van der Waals surface area contributed by atoms with Crippen LogP contribution in [0.5, 0.6) is 0 Å². The van der Waals surface area contributed by atoms with Crippen LogP contribution in [0.4, 0.5) is 0 Å². The Morgan fingerprint density at radius 3 is 2.81 bits per heavy atom. The van der Waals surface area contributed by atoms with Crippen LogP contribution in [0.15, 0.2) is 16.8 Å². The maximum absolute atomic E-state index is 13.2. The van der Waals surface area contributed by atoms with Gasteiger partial charge in [-0.25, -0.2) is 0 Å². The van der Waals surface area contributed by atoms with E-state index in [2.05, 4.69) is 22.8 Å². The van der Waals surface area contributed by atoms with Gasteiger partial charge in [0.1, 0.15) is 27.3 Å². The summed E-state index contributed by atoms with van der Waals surface area (Å²) in [5.41, 5.74) is 8.08. The summed E-state index contributed by atoms with van der Waals surface area (Å²) in [5, 5.41) is 17.4. The molecule has 3 N–H and O–H groups in total. The van der Waals surface area contributed by atoms with Crippen LogP contribution in [0.2, 0.25) is 0 Å². The number of nitrogens with two attached hydrogens (primary N) is 1. The largest absolute Gasteiger partial charge is 0.481 e. The number of nitrogens with zero attached hydrogens (tertiary/aromatic N) is 4. The van der Waals surface area contributed by atoms with E-state index in [9.17, 15) is 19.5 Å². The standard InChI is InChI=1S/C19H25N5O4S3/c1-10(25)24(12-5-3-2-4-11(12)6-20)13-16(26)23-7-19(18(27)28,8-30-17(13)23)14(29)15-22-21-9-31-15/h9,13-14,17,29H,2-8,20H2,1H3,(H,27,28)/t13?,14?,17-,19?/m1/s1. The molecule has 1 aromatic rings. The number of hydrogen-bond acceptors (Lipinski definition) is 9. The van der Waals surface area contributed by atoms with Crippen LogP contribution >= 0.6 is 35.7 Å². The Morgan fingerprint density at radius 2 is 2.19 bits per heavy atom. The summed E-state index contributed by atoms with van der Waals surface area (Å²) >= 11 is 7.21. The number of hydrogen-bond donors (Lipinski definition) is 3. The van der Waals surface area contributed by atoms with Crippen molar-refractivity contribution in [3.05, 3.63) is 21.8 Å². The van der Waals surface area contributed by atoms with Crippen molar-refractivity contribution in [3.63, 3.8) is 0 Å². The number of carboxylic acid groups (broad SMARTS) is 1. The molecule has 1 aliphatic carbocycles. The van der Waals surface area contributed by atoms with Gasteiger partial charge in [-0.05, 0) is 31.3 Å². The molecule has 2 saturated heterocycles. The van der Waals surface area contributed by atoms with E-state index in [0.29, 0.717) is 11.6 Å². The summed E-state index contributed by atoms with van der Waals surface area (Å²) in [6.07, 6.45) is 3.54. The summed E-state index contributed by atoms with van der Waals surface area (Å²) in [5.74, 6) is -1.17. The molecule has 3 aliphatic rings. The molecule has 4 atom stereocenters. The first kappa shape index (κ1) is 22.6. The van der Waals surface area contributed by atoms with Gasteiger partial charge in [-0.1, -0.05) is 0 Å². The van der Waals surface area contributed by atoms with Gasteiger partial charge in [0.25, 0.3) is 0 Å². The first-order valence-electron chi connectivity index (χ1n) is 10.1. The fourth-order valence-corrected chi connectivity index (χ4v) is 7.56. The molecule has 2 amide bonds. The number of aromatic nitrogens is 2. The minimum Gasteiger partial charge on any atom is -0.481 e. The highest BCUT2D eigenvalue weighted by atomic mass is 32.2. The van der Waals surface area contributed by atoms with E-state index in [0.717, 1.165) is 37.0 Å². The van der Waals surface area contributed by atoms with E-state index in [-0.39, 0.29) is 29.5 Å². The van der Waals surface area contributed by atoms with Gasteiger partial charge in [-0.3, -0.25) is 14.4 Å². The van der Waals surface area contributed by atoms with Crippen LogP contribution in [0.25, 0.3) is 0 Å². The molecular weight excluding hydrogens is 458 g/mol. The van der Waals surface area contributed by atoms with Gasteiger partial charge in [-0.15, -0.1) is 33.3 Å². The lowest BCUT2D eigenvalue weighted by Gasteiger charge is -2.57.